The van der Waals surface area contributed by atoms with E-state index in [0.717, 1.165) is 35.8 Å². The molecule has 0 aliphatic heterocycles. The maximum atomic E-state index is 6.00. The first-order valence-corrected chi connectivity index (χ1v) is 8.44. The van der Waals surface area contributed by atoms with Crippen LogP contribution in [0.15, 0.2) is 36.4 Å². The van der Waals surface area contributed by atoms with Gasteiger partial charge in [-0.2, -0.15) is 0 Å². The van der Waals surface area contributed by atoms with Crippen LogP contribution in [0.2, 0.25) is 0 Å². The first-order valence-electron chi connectivity index (χ1n) is 8.44. The molecule has 0 heterocycles. The average molecular weight is 343 g/mol. The molecule has 1 atom stereocenters. The normalized spacial score (nSPS) is 14.7. The standard InChI is InChI=1S/C20H25NO4/c1-13(25-18-8-6-5-7-17(18)22-2)21-16-9-14-11-19(23-3)20(24-4)12-15(14)10-16/h5-8,11-13,16,21H,9-10H2,1-4H3. The summed E-state index contributed by atoms with van der Waals surface area (Å²) in [5.41, 5.74) is 2.58. The van der Waals surface area contributed by atoms with Crippen molar-refractivity contribution in [2.24, 2.45) is 0 Å². The Kier molecular flexibility index (Phi) is 5.34. The van der Waals surface area contributed by atoms with Gasteiger partial charge in [-0.25, -0.2) is 0 Å². The largest absolute Gasteiger partial charge is 0.493 e. The van der Waals surface area contributed by atoms with Crippen molar-refractivity contribution in [2.75, 3.05) is 21.3 Å². The van der Waals surface area contributed by atoms with Gasteiger partial charge in [-0.3, -0.25) is 5.32 Å². The smallest absolute Gasteiger partial charge is 0.163 e. The molecule has 0 aromatic heterocycles. The van der Waals surface area contributed by atoms with E-state index in [2.05, 4.69) is 17.4 Å². The average Bonchev–Trinajstić information content (AvgIpc) is 3.01. The molecular formula is C20H25NO4. The number of para-hydroxylation sites is 2. The fourth-order valence-electron chi connectivity index (χ4n) is 3.34. The highest BCUT2D eigenvalue weighted by Gasteiger charge is 2.25. The van der Waals surface area contributed by atoms with Crippen LogP contribution in [0.5, 0.6) is 23.0 Å². The topological polar surface area (TPSA) is 49.0 Å². The predicted octanol–water partition coefficient (Wildman–Crippen LogP) is 3.19. The van der Waals surface area contributed by atoms with Gasteiger partial charge < -0.3 is 18.9 Å². The van der Waals surface area contributed by atoms with Gasteiger partial charge in [0.1, 0.15) is 6.23 Å². The van der Waals surface area contributed by atoms with E-state index in [1.54, 1.807) is 21.3 Å². The third-order valence-electron chi connectivity index (χ3n) is 4.48. The molecule has 0 saturated heterocycles. The molecule has 1 aliphatic rings. The number of nitrogens with one attached hydrogen (secondary N) is 1. The lowest BCUT2D eigenvalue weighted by Crippen LogP contribution is -2.40. The van der Waals surface area contributed by atoms with Crippen molar-refractivity contribution in [3.05, 3.63) is 47.5 Å². The van der Waals surface area contributed by atoms with Crippen molar-refractivity contribution in [1.82, 2.24) is 5.32 Å². The van der Waals surface area contributed by atoms with E-state index in [0.29, 0.717) is 6.04 Å². The van der Waals surface area contributed by atoms with Gasteiger partial charge in [0, 0.05) is 6.04 Å². The molecule has 0 fully saturated rings. The first kappa shape index (κ1) is 17.4. The third-order valence-corrected chi connectivity index (χ3v) is 4.48. The molecule has 1 unspecified atom stereocenters. The Labute approximate surface area is 148 Å². The van der Waals surface area contributed by atoms with Crippen LogP contribution in [0, 0.1) is 0 Å². The second kappa shape index (κ2) is 7.66. The molecule has 2 aromatic rings. The van der Waals surface area contributed by atoms with Crippen LogP contribution in [-0.4, -0.2) is 33.6 Å². The van der Waals surface area contributed by atoms with Crippen molar-refractivity contribution >= 4 is 0 Å². The van der Waals surface area contributed by atoms with Gasteiger partial charge in [0.2, 0.25) is 0 Å². The van der Waals surface area contributed by atoms with Crippen LogP contribution in [0.4, 0.5) is 0 Å². The van der Waals surface area contributed by atoms with E-state index in [-0.39, 0.29) is 6.23 Å². The molecule has 3 rings (SSSR count). The molecule has 1 aliphatic carbocycles. The summed E-state index contributed by atoms with van der Waals surface area (Å²) < 4.78 is 22.1. The highest BCUT2D eigenvalue weighted by molar-refractivity contribution is 5.49. The maximum absolute atomic E-state index is 6.00. The fraction of sp³-hybridized carbons (Fsp3) is 0.400. The predicted molar refractivity (Wildman–Crippen MR) is 97.0 cm³/mol. The van der Waals surface area contributed by atoms with Crippen molar-refractivity contribution in [3.63, 3.8) is 0 Å². The molecule has 5 heteroatoms. The number of rotatable bonds is 7. The van der Waals surface area contributed by atoms with Gasteiger partial charge in [0.25, 0.3) is 0 Å². The molecule has 0 amide bonds. The first-order chi connectivity index (χ1) is 12.1. The molecular weight excluding hydrogens is 318 g/mol. The molecule has 0 radical (unpaired) electrons. The van der Waals surface area contributed by atoms with E-state index in [1.807, 2.05) is 31.2 Å². The van der Waals surface area contributed by atoms with E-state index in [9.17, 15) is 0 Å². The van der Waals surface area contributed by atoms with Gasteiger partial charge in [-0.05, 0) is 55.2 Å². The van der Waals surface area contributed by atoms with Gasteiger partial charge in [0.05, 0.1) is 21.3 Å². The Morgan fingerprint density at radius 2 is 1.36 bits per heavy atom. The lowest BCUT2D eigenvalue weighted by atomic mass is 10.1. The SMILES string of the molecule is COc1cc2c(cc1OC)CC(NC(C)Oc1ccccc1OC)C2. The van der Waals surface area contributed by atoms with Gasteiger partial charge >= 0.3 is 0 Å². The van der Waals surface area contributed by atoms with E-state index in [1.165, 1.54) is 11.1 Å². The Balaban J connectivity index is 1.64. The lowest BCUT2D eigenvalue weighted by Gasteiger charge is -2.21. The second-order valence-corrected chi connectivity index (χ2v) is 6.16. The summed E-state index contributed by atoms with van der Waals surface area (Å²) >= 11 is 0. The molecule has 2 aromatic carbocycles. The summed E-state index contributed by atoms with van der Waals surface area (Å²) in [6.45, 7) is 2.01. The Bertz CT molecular complexity index is 699. The zero-order valence-corrected chi connectivity index (χ0v) is 15.2. The number of fused-ring (bicyclic) bond motifs is 1. The van der Waals surface area contributed by atoms with Crippen LogP contribution < -0.4 is 24.3 Å². The molecule has 0 saturated carbocycles. The van der Waals surface area contributed by atoms with Crippen molar-refractivity contribution in [1.29, 1.82) is 0 Å². The van der Waals surface area contributed by atoms with Gasteiger partial charge in [-0.1, -0.05) is 12.1 Å². The lowest BCUT2D eigenvalue weighted by molar-refractivity contribution is 0.161. The minimum Gasteiger partial charge on any atom is -0.493 e. The zero-order chi connectivity index (χ0) is 17.8. The Morgan fingerprint density at radius 3 is 1.88 bits per heavy atom. The highest BCUT2D eigenvalue weighted by Crippen LogP contribution is 2.35. The summed E-state index contributed by atoms with van der Waals surface area (Å²) in [6, 6.07) is 12.1. The van der Waals surface area contributed by atoms with Crippen molar-refractivity contribution < 1.29 is 18.9 Å². The molecule has 5 nitrogen and oxygen atoms in total. The molecule has 0 spiro atoms. The highest BCUT2D eigenvalue weighted by atomic mass is 16.5. The summed E-state index contributed by atoms with van der Waals surface area (Å²) in [5, 5.41) is 3.54. The third kappa shape index (κ3) is 3.82. The number of methoxy groups -OCH3 is 3. The summed E-state index contributed by atoms with van der Waals surface area (Å²) in [4.78, 5) is 0. The van der Waals surface area contributed by atoms with Crippen LogP contribution in [0.3, 0.4) is 0 Å². The van der Waals surface area contributed by atoms with Crippen molar-refractivity contribution in [2.45, 2.75) is 32.0 Å². The van der Waals surface area contributed by atoms with Crippen LogP contribution in [-0.2, 0) is 12.8 Å². The van der Waals surface area contributed by atoms with E-state index >= 15 is 0 Å². The minimum atomic E-state index is -0.126. The summed E-state index contributed by atoms with van der Waals surface area (Å²) in [5.74, 6) is 3.03. The molecule has 134 valence electrons. The maximum Gasteiger partial charge on any atom is 0.163 e. The monoisotopic (exact) mass is 343 g/mol. The molecule has 0 bridgehead atoms. The minimum absolute atomic E-state index is 0.126. The van der Waals surface area contributed by atoms with Gasteiger partial charge in [0.15, 0.2) is 23.0 Å². The molecule has 1 N–H and O–H groups in total. The van der Waals surface area contributed by atoms with Crippen LogP contribution in [0.1, 0.15) is 18.1 Å². The summed E-state index contributed by atoms with van der Waals surface area (Å²) in [7, 11) is 4.98. The Morgan fingerprint density at radius 1 is 0.840 bits per heavy atom. The van der Waals surface area contributed by atoms with E-state index < -0.39 is 0 Å². The number of benzene rings is 2. The number of ether oxygens (including phenoxy) is 4. The fourth-order valence-corrected chi connectivity index (χ4v) is 3.34. The summed E-state index contributed by atoms with van der Waals surface area (Å²) in [6.07, 6.45) is 1.75. The Hall–Kier alpha value is -2.40. The molecule has 25 heavy (non-hydrogen) atoms. The zero-order valence-electron chi connectivity index (χ0n) is 15.2. The van der Waals surface area contributed by atoms with Gasteiger partial charge in [-0.15, -0.1) is 0 Å². The van der Waals surface area contributed by atoms with Crippen LogP contribution in [0.25, 0.3) is 0 Å². The quantitative estimate of drug-likeness (QED) is 0.783. The van der Waals surface area contributed by atoms with Crippen LogP contribution >= 0.6 is 0 Å². The second-order valence-electron chi connectivity index (χ2n) is 6.16. The van der Waals surface area contributed by atoms with E-state index in [4.69, 9.17) is 18.9 Å². The number of hydrogen-bond donors (Lipinski definition) is 1. The van der Waals surface area contributed by atoms with Crippen molar-refractivity contribution in [3.8, 4) is 23.0 Å². The number of hydrogen-bond acceptors (Lipinski definition) is 5.